The number of rotatable bonds is 24. The van der Waals surface area contributed by atoms with Gasteiger partial charge in [-0.15, -0.1) is 0 Å². The van der Waals surface area contributed by atoms with Gasteiger partial charge in [0.25, 0.3) is 0 Å². The molecule has 0 aromatic rings. The minimum Gasteiger partial charge on any atom is -0.0654 e. The Kier molecular flexibility index (Phi) is 23.4. The smallest absolute Gasteiger partial charge is 0.0594 e. The van der Waals surface area contributed by atoms with Gasteiger partial charge in [-0.2, -0.15) is 0 Å². The SMILES string of the molecule is CCCCCCCC[P+](CCCC)(CCCCCCCC)CCCCCCCC. The fourth-order valence-electron chi connectivity index (χ4n) is 4.85. The van der Waals surface area contributed by atoms with Crippen LogP contribution >= 0.6 is 7.26 Å². The fourth-order valence-corrected chi connectivity index (χ4v) is 9.86. The molecule has 0 aromatic carbocycles. The van der Waals surface area contributed by atoms with Crippen LogP contribution in [0.2, 0.25) is 0 Å². The van der Waals surface area contributed by atoms with Gasteiger partial charge in [0.1, 0.15) is 0 Å². The Labute approximate surface area is 188 Å². The van der Waals surface area contributed by atoms with E-state index < -0.39 is 7.26 Å². The summed E-state index contributed by atoms with van der Waals surface area (Å²) in [6, 6.07) is 0. The molecule has 0 aliphatic heterocycles. The lowest BCUT2D eigenvalue weighted by molar-refractivity contribution is 0.615. The molecule has 0 rings (SSSR count). The standard InChI is InChI=1S/C28H60P/c1-5-9-13-16-19-22-26-29(25-12-8-4,27-23-20-17-14-10-6-2)28-24-21-18-15-11-7-3/h5-28H2,1-4H3/q+1. The highest BCUT2D eigenvalue weighted by Crippen LogP contribution is 2.61. The second-order valence-corrected chi connectivity index (χ2v) is 14.4. The van der Waals surface area contributed by atoms with E-state index in [2.05, 4.69) is 27.7 Å². The molecule has 0 amide bonds. The van der Waals surface area contributed by atoms with Crippen molar-refractivity contribution in [3.8, 4) is 0 Å². The van der Waals surface area contributed by atoms with Crippen LogP contribution in [0.15, 0.2) is 0 Å². The Balaban J connectivity index is 4.52. The first-order valence-corrected chi connectivity index (χ1v) is 16.6. The number of hydrogen-bond acceptors (Lipinski definition) is 0. The molecule has 176 valence electrons. The van der Waals surface area contributed by atoms with Crippen molar-refractivity contribution in [2.24, 2.45) is 0 Å². The highest BCUT2D eigenvalue weighted by Gasteiger charge is 2.34. The lowest BCUT2D eigenvalue weighted by Crippen LogP contribution is -2.13. The van der Waals surface area contributed by atoms with Gasteiger partial charge in [0.15, 0.2) is 0 Å². The molecule has 0 atom stereocenters. The third-order valence-corrected chi connectivity index (χ3v) is 12.0. The molecule has 0 bridgehead atoms. The maximum atomic E-state index is 2.41. The van der Waals surface area contributed by atoms with E-state index in [9.17, 15) is 0 Å². The summed E-state index contributed by atoms with van der Waals surface area (Å²) in [6.07, 6.45) is 36.1. The van der Waals surface area contributed by atoms with Crippen LogP contribution in [-0.4, -0.2) is 24.6 Å². The summed E-state index contributed by atoms with van der Waals surface area (Å²) in [6.45, 7) is 9.42. The minimum absolute atomic E-state index is 0.679. The highest BCUT2D eigenvalue weighted by atomic mass is 31.2. The first-order valence-electron chi connectivity index (χ1n) is 14.1. The molecule has 0 fully saturated rings. The molecule has 0 spiro atoms. The number of hydrogen-bond donors (Lipinski definition) is 0. The molecule has 0 aromatic heterocycles. The van der Waals surface area contributed by atoms with Crippen LogP contribution < -0.4 is 0 Å². The molecule has 0 N–H and O–H groups in total. The average Bonchev–Trinajstić information content (AvgIpc) is 2.74. The van der Waals surface area contributed by atoms with Crippen molar-refractivity contribution >= 4 is 7.26 Å². The predicted molar refractivity (Wildman–Crippen MR) is 141 cm³/mol. The topological polar surface area (TPSA) is 0 Å². The Morgan fingerprint density at radius 1 is 0.276 bits per heavy atom. The predicted octanol–water partition coefficient (Wildman–Crippen LogP) is 10.9. The van der Waals surface area contributed by atoms with Crippen LogP contribution in [-0.2, 0) is 0 Å². The summed E-state index contributed by atoms with van der Waals surface area (Å²) in [5.41, 5.74) is 0. The second kappa shape index (κ2) is 23.1. The van der Waals surface area contributed by atoms with Gasteiger partial charge in [0, 0.05) is 7.26 Å². The van der Waals surface area contributed by atoms with Crippen molar-refractivity contribution in [1.82, 2.24) is 0 Å². The van der Waals surface area contributed by atoms with Gasteiger partial charge in [-0.25, -0.2) is 0 Å². The maximum absolute atomic E-state index is 2.41. The van der Waals surface area contributed by atoms with Crippen LogP contribution in [0.4, 0.5) is 0 Å². The summed E-state index contributed by atoms with van der Waals surface area (Å²) in [4.78, 5) is 0. The zero-order chi connectivity index (χ0) is 21.5. The Hall–Kier alpha value is 0.430. The normalized spacial score (nSPS) is 12.0. The summed E-state index contributed by atoms with van der Waals surface area (Å²) in [7, 11) is -0.679. The average molecular weight is 428 g/mol. The molecular weight excluding hydrogens is 367 g/mol. The van der Waals surface area contributed by atoms with Crippen LogP contribution in [0.1, 0.15) is 156 Å². The minimum atomic E-state index is -0.679. The molecule has 0 radical (unpaired) electrons. The Bertz CT molecular complexity index is 258. The van der Waals surface area contributed by atoms with Crippen LogP contribution in [0.3, 0.4) is 0 Å². The van der Waals surface area contributed by atoms with Crippen molar-refractivity contribution < 1.29 is 0 Å². The van der Waals surface area contributed by atoms with Gasteiger partial charge in [-0.3, -0.25) is 0 Å². The van der Waals surface area contributed by atoms with Crippen molar-refractivity contribution in [2.75, 3.05) is 24.6 Å². The van der Waals surface area contributed by atoms with Crippen LogP contribution in [0.5, 0.6) is 0 Å². The largest absolute Gasteiger partial charge is 0.0654 e. The molecule has 0 saturated heterocycles. The van der Waals surface area contributed by atoms with E-state index in [0.29, 0.717) is 0 Å². The second-order valence-electron chi connectivity index (χ2n) is 9.89. The molecule has 0 saturated carbocycles. The monoisotopic (exact) mass is 427 g/mol. The molecule has 0 aliphatic rings. The third-order valence-electron chi connectivity index (χ3n) is 6.94. The van der Waals surface area contributed by atoms with Gasteiger partial charge < -0.3 is 0 Å². The van der Waals surface area contributed by atoms with E-state index in [1.54, 1.807) is 43.9 Å². The van der Waals surface area contributed by atoms with E-state index in [0.717, 1.165) is 0 Å². The summed E-state index contributed by atoms with van der Waals surface area (Å²) < 4.78 is 0. The Morgan fingerprint density at radius 3 is 0.828 bits per heavy atom. The lowest BCUT2D eigenvalue weighted by atomic mass is 10.1. The van der Waals surface area contributed by atoms with E-state index in [1.807, 2.05) is 0 Å². The van der Waals surface area contributed by atoms with Crippen molar-refractivity contribution in [2.45, 2.75) is 156 Å². The maximum Gasteiger partial charge on any atom is 0.0594 e. The van der Waals surface area contributed by atoms with Gasteiger partial charge in [-0.1, -0.05) is 111 Å². The van der Waals surface area contributed by atoms with E-state index in [1.165, 1.54) is 109 Å². The van der Waals surface area contributed by atoms with E-state index in [-0.39, 0.29) is 0 Å². The molecule has 0 aliphatic carbocycles. The van der Waals surface area contributed by atoms with Crippen molar-refractivity contribution in [1.29, 1.82) is 0 Å². The van der Waals surface area contributed by atoms with Crippen molar-refractivity contribution in [3.63, 3.8) is 0 Å². The van der Waals surface area contributed by atoms with Gasteiger partial charge in [-0.05, 0) is 44.9 Å². The first kappa shape index (κ1) is 29.4. The zero-order valence-corrected chi connectivity index (χ0v) is 22.3. The van der Waals surface area contributed by atoms with E-state index >= 15 is 0 Å². The van der Waals surface area contributed by atoms with Crippen LogP contribution in [0, 0.1) is 0 Å². The highest BCUT2D eigenvalue weighted by molar-refractivity contribution is 7.75. The molecule has 29 heavy (non-hydrogen) atoms. The molecule has 0 unspecified atom stereocenters. The molecule has 1 heteroatoms. The van der Waals surface area contributed by atoms with Gasteiger partial charge in [0.05, 0.1) is 24.6 Å². The lowest BCUT2D eigenvalue weighted by Gasteiger charge is -2.28. The first-order chi connectivity index (χ1) is 14.2. The third kappa shape index (κ3) is 18.9. The summed E-state index contributed by atoms with van der Waals surface area (Å²) >= 11 is 0. The fraction of sp³-hybridized carbons (Fsp3) is 1.00. The molecule has 0 heterocycles. The molecular formula is C28H60P+. The van der Waals surface area contributed by atoms with E-state index in [4.69, 9.17) is 0 Å². The molecule has 0 nitrogen and oxygen atoms in total. The summed E-state index contributed by atoms with van der Waals surface area (Å²) in [5.74, 6) is 0. The zero-order valence-electron chi connectivity index (χ0n) is 21.4. The van der Waals surface area contributed by atoms with Crippen LogP contribution in [0.25, 0.3) is 0 Å². The summed E-state index contributed by atoms with van der Waals surface area (Å²) in [5, 5.41) is 0. The van der Waals surface area contributed by atoms with Gasteiger partial charge >= 0.3 is 0 Å². The quantitative estimate of drug-likeness (QED) is 0.106. The van der Waals surface area contributed by atoms with Crippen molar-refractivity contribution in [3.05, 3.63) is 0 Å². The number of unbranched alkanes of at least 4 members (excludes halogenated alkanes) is 16. The Morgan fingerprint density at radius 2 is 0.517 bits per heavy atom. The van der Waals surface area contributed by atoms with Gasteiger partial charge in [0.2, 0.25) is 0 Å².